The van der Waals surface area contributed by atoms with Gasteiger partial charge in [-0.2, -0.15) is 0 Å². The van der Waals surface area contributed by atoms with E-state index in [1.165, 1.54) is 22.7 Å². The number of benzene rings is 3. The van der Waals surface area contributed by atoms with Crippen LogP contribution in [0, 0.1) is 0 Å². The Morgan fingerprint density at radius 1 is 0.725 bits per heavy atom. The second kappa shape index (κ2) is 18.3. The Hall–Kier alpha value is -4.98. The molecule has 0 bridgehead atoms. The molecule has 13 heteroatoms. The maximum atomic E-state index is 13.2. The van der Waals surface area contributed by atoms with Gasteiger partial charge in [0.2, 0.25) is 6.79 Å². The number of fused-ring (bicyclic) bond motifs is 1. The summed E-state index contributed by atoms with van der Waals surface area (Å²) in [5.74, 6) is 1.46. The van der Waals surface area contributed by atoms with E-state index in [1.807, 2.05) is 48.5 Å². The van der Waals surface area contributed by atoms with Crippen molar-refractivity contribution in [1.82, 2.24) is 25.5 Å². The van der Waals surface area contributed by atoms with Gasteiger partial charge in [-0.15, -0.1) is 22.7 Å². The molecule has 1 aliphatic rings. The number of nitrogens with zero attached hydrogens (tertiary/aromatic N) is 3. The first kappa shape index (κ1) is 35.8. The van der Waals surface area contributed by atoms with E-state index in [1.54, 1.807) is 23.4 Å². The lowest BCUT2D eigenvalue weighted by molar-refractivity contribution is 0.118. The van der Waals surface area contributed by atoms with Crippen molar-refractivity contribution < 1.29 is 28.5 Å². The van der Waals surface area contributed by atoms with Crippen LogP contribution < -0.4 is 20.1 Å². The molecule has 2 N–H and O–H groups in total. The van der Waals surface area contributed by atoms with Crippen LogP contribution in [0.1, 0.15) is 33.4 Å². The summed E-state index contributed by atoms with van der Waals surface area (Å²) in [4.78, 5) is 38.6. The van der Waals surface area contributed by atoms with Crippen molar-refractivity contribution in [2.75, 3.05) is 19.9 Å². The normalized spacial score (nSPS) is 13.7. The molecule has 0 saturated carbocycles. The lowest BCUT2D eigenvalue weighted by Gasteiger charge is -2.36. The van der Waals surface area contributed by atoms with Crippen molar-refractivity contribution in [1.29, 1.82) is 0 Å². The van der Waals surface area contributed by atoms with Crippen LogP contribution in [-0.2, 0) is 41.9 Å². The van der Waals surface area contributed by atoms with Crippen LogP contribution in [0.3, 0.4) is 0 Å². The van der Waals surface area contributed by atoms with E-state index in [4.69, 9.17) is 18.9 Å². The molecule has 0 fully saturated rings. The predicted molar refractivity (Wildman–Crippen MR) is 196 cm³/mol. The van der Waals surface area contributed by atoms with Gasteiger partial charge in [-0.1, -0.05) is 66.7 Å². The highest BCUT2D eigenvalue weighted by atomic mass is 32.1. The smallest absolute Gasteiger partial charge is 0.407 e. The Labute approximate surface area is 305 Å². The molecular weight excluding hydrogens is 687 g/mol. The van der Waals surface area contributed by atoms with E-state index in [0.29, 0.717) is 32.4 Å². The molecule has 1 unspecified atom stereocenters. The number of hydrogen-bond acceptors (Lipinski definition) is 11. The second-order valence-electron chi connectivity index (χ2n) is 12.3. The summed E-state index contributed by atoms with van der Waals surface area (Å²) in [6.45, 7) is 3.63. The molecule has 0 saturated heterocycles. The molecule has 266 valence electrons. The summed E-state index contributed by atoms with van der Waals surface area (Å²) < 4.78 is 22.4. The van der Waals surface area contributed by atoms with Crippen LogP contribution in [0.15, 0.2) is 102 Å². The number of aromatic nitrogens is 2. The molecule has 5 aromatic rings. The van der Waals surface area contributed by atoms with Crippen molar-refractivity contribution in [2.24, 2.45) is 0 Å². The number of alkyl carbamates (subject to hydrolysis) is 2. The molecule has 2 aromatic heterocycles. The van der Waals surface area contributed by atoms with Crippen molar-refractivity contribution in [3.63, 3.8) is 0 Å². The summed E-state index contributed by atoms with van der Waals surface area (Å²) in [6, 6.07) is 25.5. The zero-order chi connectivity index (χ0) is 35.3. The summed E-state index contributed by atoms with van der Waals surface area (Å²) in [6.07, 6.45) is 4.24. The van der Waals surface area contributed by atoms with Crippen molar-refractivity contribution in [2.45, 2.75) is 57.5 Å². The monoisotopic (exact) mass is 727 g/mol. The highest BCUT2D eigenvalue weighted by Gasteiger charge is 2.27. The van der Waals surface area contributed by atoms with Crippen molar-refractivity contribution in [3.8, 4) is 11.5 Å². The number of carbonyl (C=O) groups is 2. The average molecular weight is 728 g/mol. The Morgan fingerprint density at radius 2 is 1.25 bits per heavy atom. The Morgan fingerprint density at radius 3 is 1.76 bits per heavy atom. The van der Waals surface area contributed by atoms with Gasteiger partial charge < -0.3 is 29.6 Å². The first-order valence-electron chi connectivity index (χ1n) is 16.8. The minimum absolute atomic E-state index is 0.00746. The fraction of sp³-hybridized carbons (Fsp3) is 0.316. The number of rotatable bonds is 17. The van der Waals surface area contributed by atoms with Crippen molar-refractivity contribution in [3.05, 3.63) is 129 Å². The van der Waals surface area contributed by atoms with Crippen LogP contribution in [0.5, 0.6) is 11.5 Å². The first-order valence-corrected chi connectivity index (χ1v) is 18.5. The highest BCUT2D eigenvalue weighted by molar-refractivity contribution is 7.09. The summed E-state index contributed by atoms with van der Waals surface area (Å²) >= 11 is 2.87. The lowest BCUT2D eigenvalue weighted by Crippen LogP contribution is -2.53. The molecule has 1 aliphatic heterocycles. The van der Waals surface area contributed by atoms with Crippen molar-refractivity contribution >= 4 is 34.9 Å². The van der Waals surface area contributed by atoms with Gasteiger partial charge in [-0.05, 0) is 55.0 Å². The minimum atomic E-state index is -0.502. The summed E-state index contributed by atoms with van der Waals surface area (Å²) in [5, 5.41) is 6.28. The zero-order valence-electron chi connectivity index (χ0n) is 28.3. The molecule has 2 amide bonds. The fourth-order valence-electron chi connectivity index (χ4n) is 5.98. The van der Waals surface area contributed by atoms with Crippen LogP contribution >= 0.6 is 22.7 Å². The number of ether oxygens (including phenoxy) is 4. The van der Waals surface area contributed by atoms with Crippen LogP contribution in [0.25, 0.3) is 0 Å². The molecule has 0 aliphatic carbocycles. The maximum absolute atomic E-state index is 13.2. The van der Waals surface area contributed by atoms with Gasteiger partial charge >= 0.3 is 12.2 Å². The number of thiazole rings is 2. The Bertz CT molecular complexity index is 1690. The third-order valence-corrected chi connectivity index (χ3v) is 9.96. The number of amides is 2. The SMILES string of the molecule is CC(Cc1ccc2c(c1)OCO2)N(C[C@H](Cc1ccccc1)NC(=O)OCc1cncs1)C[C@H](Cc1ccccc1)NC(=O)OCc1cncs1. The predicted octanol–water partition coefficient (Wildman–Crippen LogP) is 6.64. The molecule has 3 atom stereocenters. The molecule has 0 spiro atoms. The van der Waals surface area contributed by atoms with Gasteiger partial charge in [-0.3, -0.25) is 14.9 Å². The lowest BCUT2D eigenvalue weighted by atomic mass is 10.00. The molecule has 0 radical (unpaired) electrons. The van der Waals surface area contributed by atoms with Gasteiger partial charge in [0.25, 0.3) is 0 Å². The third kappa shape index (κ3) is 11.3. The second-order valence-corrected chi connectivity index (χ2v) is 14.3. The van der Waals surface area contributed by atoms with E-state index < -0.39 is 12.2 Å². The maximum Gasteiger partial charge on any atom is 0.407 e. The standard InChI is InChI=1S/C38H41N5O6S2/c1-27(14-30-12-13-35-36(17-30)49-26-48-35)43(20-31(15-28-8-4-2-5-9-28)41-37(44)46-22-33-18-39-24-50-33)21-32(16-29-10-6-3-7-11-29)42-38(45)47-23-34-19-40-25-51-34/h2-13,17-19,24-25,27,31-32H,14-16,20-23,26H2,1H3,(H,41,44)(H,42,45)/t27?,31-,32-/m0/s1. The Balaban J connectivity index is 1.23. The van der Waals surface area contributed by atoms with Crippen LogP contribution in [0.4, 0.5) is 9.59 Å². The molecule has 3 aromatic carbocycles. The number of nitrogens with one attached hydrogen (secondary N) is 2. The minimum Gasteiger partial charge on any atom is -0.454 e. The van der Waals surface area contributed by atoms with E-state index in [2.05, 4.69) is 62.8 Å². The van der Waals surface area contributed by atoms with E-state index in [-0.39, 0.29) is 38.1 Å². The third-order valence-electron chi connectivity index (χ3n) is 8.45. The quantitative estimate of drug-likeness (QED) is 0.109. The highest BCUT2D eigenvalue weighted by Crippen LogP contribution is 2.33. The first-order chi connectivity index (χ1) is 25.0. The van der Waals surface area contributed by atoms with Gasteiger partial charge in [0, 0.05) is 43.6 Å². The van der Waals surface area contributed by atoms with E-state index >= 15 is 0 Å². The Kier molecular flexibility index (Phi) is 12.9. The molecule has 51 heavy (non-hydrogen) atoms. The molecule has 11 nitrogen and oxygen atoms in total. The number of hydrogen-bond donors (Lipinski definition) is 2. The van der Waals surface area contributed by atoms with Gasteiger partial charge in [0.1, 0.15) is 13.2 Å². The van der Waals surface area contributed by atoms with E-state index in [9.17, 15) is 9.59 Å². The van der Waals surface area contributed by atoms with E-state index in [0.717, 1.165) is 37.9 Å². The summed E-state index contributed by atoms with van der Waals surface area (Å²) in [7, 11) is 0. The van der Waals surface area contributed by atoms with Crippen LogP contribution in [0.2, 0.25) is 0 Å². The van der Waals surface area contributed by atoms with Gasteiger partial charge in [0.05, 0.1) is 20.8 Å². The molecule has 6 rings (SSSR count). The largest absolute Gasteiger partial charge is 0.454 e. The molecular formula is C38H41N5O6S2. The summed E-state index contributed by atoms with van der Waals surface area (Å²) in [5.41, 5.74) is 6.68. The van der Waals surface area contributed by atoms with Gasteiger partial charge in [0.15, 0.2) is 11.5 Å². The topological polar surface area (TPSA) is 124 Å². The van der Waals surface area contributed by atoms with Gasteiger partial charge in [-0.25, -0.2) is 9.59 Å². The molecule has 3 heterocycles. The fourth-order valence-corrected chi connectivity index (χ4v) is 6.99. The number of carbonyl (C=O) groups excluding carboxylic acids is 2. The average Bonchev–Trinajstić information content (AvgIpc) is 3.94. The van der Waals surface area contributed by atoms with Crippen LogP contribution in [-0.4, -0.2) is 65.1 Å². The zero-order valence-corrected chi connectivity index (χ0v) is 29.9.